The summed E-state index contributed by atoms with van der Waals surface area (Å²) in [6, 6.07) is 11.1. The van der Waals surface area contributed by atoms with Crippen molar-refractivity contribution in [3.8, 4) is 5.75 Å². The summed E-state index contributed by atoms with van der Waals surface area (Å²) >= 11 is 0. The van der Waals surface area contributed by atoms with E-state index < -0.39 is 5.91 Å². The van der Waals surface area contributed by atoms with Crippen LogP contribution in [0.3, 0.4) is 0 Å². The Kier molecular flexibility index (Phi) is 5.58. The van der Waals surface area contributed by atoms with Gasteiger partial charge in [0.05, 0.1) is 0 Å². The third-order valence-electron chi connectivity index (χ3n) is 4.01. The molecule has 0 spiro atoms. The number of ether oxygens (including phenoxy) is 1. The molecule has 0 aliphatic heterocycles. The van der Waals surface area contributed by atoms with Crippen LogP contribution in [0.25, 0.3) is 0 Å². The van der Waals surface area contributed by atoms with Crippen molar-refractivity contribution in [2.45, 2.75) is 27.7 Å². The van der Waals surface area contributed by atoms with E-state index in [1.54, 1.807) is 6.07 Å². The summed E-state index contributed by atoms with van der Waals surface area (Å²) in [5.74, 6) is -0.156. The molecule has 24 heavy (non-hydrogen) atoms. The molecule has 0 aliphatic carbocycles. The maximum atomic E-state index is 12.1. The van der Waals surface area contributed by atoms with Gasteiger partial charge in [-0.3, -0.25) is 20.4 Å². The van der Waals surface area contributed by atoms with Gasteiger partial charge in [0, 0.05) is 5.56 Å². The second-order valence-electron chi connectivity index (χ2n) is 5.78. The van der Waals surface area contributed by atoms with Crippen molar-refractivity contribution in [2.75, 3.05) is 6.61 Å². The molecule has 0 aromatic heterocycles. The lowest BCUT2D eigenvalue weighted by Crippen LogP contribution is -2.44. The predicted octanol–water partition coefficient (Wildman–Crippen LogP) is 2.76. The molecule has 0 saturated carbocycles. The van der Waals surface area contributed by atoms with Gasteiger partial charge in [0.2, 0.25) is 0 Å². The van der Waals surface area contributed by atoms with E-state index in [0.29, 0.717) is 11.3 Å². The van der Waals surface area contributed by atoms with Crippen molar-refractivity contribution >= 4 is 11.8 Å². The van der Waals surface area contributed by atoms with Crippen molar-refractivity contribution in [3.63, 3.8) is 0 Å². The largest absolute Gasteiger partial charge is 0.484 e. The normalized spacial score (nSPS) is 10.2. The molecule has 126 valence electrons. The summed E-state index contributed by atoms with van der Waals surface area (Å²) in [6.07, 6.45) is 0. The fraction of sp³-hybridized carbons (Fsp3) is 0.263. The molecule has 0 fully saturated rings. The van der Waals surface area contributed by atoms with E-state index in [1.165, 1.54) is 0 Å². The number of hydrogen-bond donors (Lipinski definition) is 2. The van der Waals surface area contributed by atoms with Gasteiger partial charge in [-0.15, -0.1) is 0 Å². The number of rotatable bonds is 4. The second kappa shape index (κ2) is 7.64. The average molecular weight is 326 g/mol. The summed E-state index contributed by atoms with van der Waals surface area (Å²) in [5, 5.41) is 0. The van der Waals surface area contributed by atoms with Gasteiger partial charge >= 0.3 is 0 Å². The quantitative estimate of drug-likeness (QED) is 0.849. The van der Waals surface area contributed by atoms with Crippen LogP contribution < -0.4 is 15.6 Å². The number of hydrazine groups is 1. The second-order valence-corrected chi connectivity index (χ2v) is 5.78. The highest BCUT2D eigenvalue weighted by Gasteiger charge is 2.11. The van der Waals surface area contributed by atoms with Crippen molar-refractivity contribution in [1.82, 2.24) is 10.9 Å². The van der Waals surface area contributed by atoms with Crippen LogP contribution in [0.1, 0.15) is 32.6 Å². The van der Waals surface area contributed by atoms with Gasteiger partial charge in [-0.05, 0) is 68.1 Å². The maximum Gasteiger partial charge on any atom is 0.276 e. The molecule has 0 atom stereocenters. The molecule has 5 nitrogen and oxygen atoms in total. The highest BCUT2D eigenvalue weighted by atomic mass is 16.5. The molecular weight excluding hydrogens is 304 g/mol. The zero-order chi connectivity index (χ0) is 17.7. The number of benzene rings is 2. The van der Waals surface area contributed by atoms with Gasteiger partial charge in [0.1, 0.15) is 5.75 Å². The van der Waals surface area contributed by atoms with Crippen LogP contribution >= 0.6 is 0 Å². The van der Waals surface area contributed by atoms with Crippen LogP contribution in [-0.2, 0) is 4.79 Å². The van der Waals surface area contributed by atoms with Crippen LogP contribution in [0.5, 0.6) is 5.75 Å². The molecule has 5 heteroatoms. The summed E-state index contributed by atoms with van der Waals surface area (Å²) in [4.78, 5) is 23.9. The monoisotopic (exact) mass is 326 g/mol. The Morgan fingerprint density at radius 1 is 0.917 bits per heavy atom. The first-order chi connectivity index (χ1) is 11.4. The zero-order valence-electron chi connectivity index (χ0n) is 14.4. The lowest BCUT2D eigenvalue weighted by molar-refractivity contribution is -0.123. The van der Waals surface area contributed by atoms with E-state index in [2.05, 4.69) is 10.9 Å². The Hall–Kier alpha value is -2.82. The Labute approximate surface area is 142 Å². The standard InChI is InChI=1S/C19H22N2O3/c1-12-8-9-16(10-14(12)3)24-11-18(22)20-21-19(23)17-7-5-6-13(2)15(17)4/h5-10H,11H2,1-4H3,(H,20,22)(H,21,23). The van der Waals surface area contributed by atoms with Crippen molar-refractivity contribution in [1.29, 1.82) is 0 Å². The minimum atomic E-state index is -0.424. The fourth-order valence-electron chi connectivity index (χ4n) is 2.18. The van der Waals surface area contributed by atoms with E-state index in [9.17, 15) is 9.59 Å². The number of aryl methyl sites for hydroxylation is 3. The van der Waals surface area contributed by atoms with Crippen LogP contribution in [0.4, 0.5) is 0 Å². The Balaban J connectivity index is 1.85. The molecule has 0 unspecified atom stereocenters. The third kappa shape index (κ3) is 4.35. The fourth-order valence-corrected chi connectivity index (χ4v) is 2.18. The first-order valence-corrected chi connectivity index (χ1v) is 7.74. The smallest absolute Gasteiger partial charge is 0.276 e. The van der Waals surface area contributed by atoms with Gasteiger partial charge in [-0.2, -0.15) is 0 Å². The predicted molar refractivity (Wildman–Crippen MR) is 92.9 cm³/mol. The summed E-state index contributed by atoms with van der Waals surface area (Å²) in [5.41, 5.74) is 9.46. The molecule has 0 saturated heterocycles. The topological polar surface area (TPSA) is 67.4 Å². The van der Waals surface area contributed by atoms with Crippen LogP contribution in [0, 0.1) is 27.7 Å². The van der Waals surface area contributed by atoms with Crippen molar-refractivity contribution in [3.05, 3.63) is 64.2 Å². The number of amides is 2. The Morgan fingerprint density at radius 3 is 2.38 bits per heavy atom. The number of nitrogens with one attached hydrogen (secondary N) is 2. The van der Waals surface area contributed by atoms with E-state index in [4.69, 9.17) is 4.74 Å². The van der Waals surface area contributed by atoms with Gasteiger partial charge in [-0.25, -0.2) is 0 Å². The lowest BCUT2D eigenvalue weighted by Gasteiger charge is -2.11. The maximum absolute atomic E-state index is 12.1. The van der Waals surface area contributed by atoms with E-state index in [0.717, 1.165) is 22.3 Å². The molecule has 0 bridgehead atoms. The molecule has 0 radical (unpaired) electrons. The Bertz CT molecular complexity index is 769. The summed E-state index contributed by atoms with van der Waals surface area (Å²) in [6.45, 7) is 7.62. The van der Waals surface area contributed by atoms with Crippen LogP contribution in [-0.4, -0.2) is 18.4 Å². The van der Waals surface area contributed by atoms with Crippen LogP contribution in [0.15, 0.2) is 36.4 Å². The highest BCUT2D eigenvalue weighted by molar-refractivity contribution is 5.97. The number of carbonyl (C=O) groups is 2. The SMILES string of the molecule is Cc1ccc(OCC(=O)NNC(=O)c2cccc(C)c2C)cc1C. The molecule has 2 rings (SSSR count). The zero-order valence-corrected chi connectivity index (χ0v) is 14.4. The highest BCUT2D eigenvalue weighted by Crippen LogP contribution is 2.16. The Morgan fingerprint density at radius 2 is 1.67 bits per heavy atom. The average Bonchev–Trinajstić information content (AvgIpc) is 2.56. The molecular formula is C19H22N2O3. The van der Waals surface area contributed by atoms with Gasteiger partial charge < -0.3 is 4.74 Å². The first-order valence-electron chi connectivity index (χ1n) is 7.74. The third-order valence-corrected chi connectivity index (χ3v) is 4.01. The van der Waals surface area contributed by atoms with Crippen LogP contribution in [0.2, 0.25) is 0 Å². The van der Waals surface area contributed by atoms with Crippen molar-refractivity contribution < 1.29 is 14.3 Å². The number of hydrogen-bond acceptors (Lipinski definition) is 3. The summed E-state index contributed by atoms with van der Waals surface area (Å²) < 4.78 is 5.42. The number of carbonyl (C=O) groups excluding carboxylic acids is 2. The van der Waals surface area contributed by atoms with E-state index in [1.807, 2.05) is 58.0 Å². The minimum absolute atomic E-state index is 0.171. The van der Waals surface area contributed by atoms with Gasteiger partial charge in [0.15, 0.2) is 6.61 Å². The van der Waals surface area contributed by atoms with E-state index in [-0.39, 0.29) is 12.5 Å². The minimum Gasteiger partial charge on any atom is -0.484 e. The molecule has 2 amide bonds. The van der Waals surface area contributed by atoms with Gasteiger partial charge in [0.25, 0.3) is 11.8 Å². The van der Waals surface area contributed by atoms with Gasteiger partial charge in [-0.1, -0.05) is 18.2 Å². The molecule has 0 aliphatic rings. The summed E-state index contributed by atoms with van der Waals surface area (Å²) in [7, 11) is 0. The molecule has 2 aromatic rings. The van der Waals surface area contributed by atoms with E-state index >= 15 is 0 Å². The molecule has 2 aromatic carbocycles. The lowest BCUT2D eigenvalue weighted by atomic mass is 10.0. The molecule has 0 heterocycles. The molecule has 2 N–H and O–H groups in total. The van der Waals surface area contributed by atoms with Crippen molar-refractivity contribution in [2.24, 2.45) is 0 Å². The first kappa shape index (κ1) is 17.5.